The maximum Gasteiger partial charge on any atom is 0.240 e. The Balaban J connectivity index is 3.31. The number of halogens is 1. The van der Waals surface area contributed by atoms with E-state index >= 15 is 0 Å². The fraction of sp³-hybridized carbons (Fsp3) is 0.143. The largest absolute Gasteiger partial charge is 0.247 e. The van der Waals surface area contributed by atoms with E-state index in [1.165, 1.54) is 6.08 Å². The van der Waals surface area contributed by atoms with Gasteiger partial charge in [-0.25, -0.2) is 9.78 Å². The lowest BCUT2D eigenvalue weighted by Crippen LogP contribution is -1.79. The van der Waals surface area contributed by atoms with Crippen LogP contribution in [0.25, 0.3) is 0 Å². The minimum Gasteiger partial charge on any atom is -0.247 e. The molecule has 1 aromatic rings. The van der Waals surface area contributed by atoms with Gasteiger partial charge in [-0.1, -0.05) is 0 Å². The summed E-state index contributed by atoms with van der Waals surface area (Å²) in [4.78, 5) is 17.3. The Morgan fingerprint density at radius 2 is 2.45 bits per heavy atom. The van der Waals surface area contributed by atoms with Crippen LogP contribution in [0.1, 0.15) is 5.56 Å². The molecule has 0 aromatic carbocycles. The normalized spacial score (nSPS) is 8.91. The molecule has 0 amide bonds. The van der Waals surface area contributed by atoms with Crippen LogP contribution in [-0.4, -0.2) is 11.1 Å². The van der Waals surface area contributed by atoms with Crippen molar-refractivity contribution in [3.05, 3.63) is 22.4 Å². The van der Waals surface area contributed by atoms with E-state index in [0.717, 1.165) is 5.56 Å². The van der Waals surface area contributed by atoms with Gasteiger partial charge in [0.25, 0.3) is 0 Å². The summed E-state index contributed by atoms with van der Waals surface area (Å²) in [6, 6.07) is 1.78. The molecule has 0 bridgehead atoms. The summed E-state index contributed by atoms with van der Waals surface area (Å²) in [5.74, 6) is 0. The van der Waals surface area contributed by atoms with Crippen molar-refractivity contribution in [2.75, 3.05) is 0 Å². The van der Waals surface area contributed by atoms with E-state index in [1.54, 1.807) is 12.3 Å². The third-order valence-electron chi connectivity index (χ3n) is 1.24. The van der Waals surface area contributed by atoms with Gasteiger partial charge in [0.1, 0.15) is 10.3 Å². The van der Waals surface area contributed by atoms with Gasteiger partial charge in [0.2, 0.25) is 6.08 Å². The molecule has 1 heterocycles. The first-order valence-corrected chi connectivity index (χ1v) is 3.74. The van der Waals surface area contributed by atoms with Crippen molar-refractivity contribution in [1.82, 2.24) is 4.98 Å². The van der Waals surface area contributed by atoms with Gasteiger partial charge < -0.3 is 0 Å². The smallest absolute Gasteiger partial charge is 0.240 e. The summed E-state index contributed by atoms with van der Waals surface area (Å²) in [5.41, 5.74) is 1.44. The highest BCUT2D eigenvalue weighted by molar-refractivity contribution is 9.10. The van der Waals surface area contributed by atoms with E-state index < -0.39 is 0 Å². The van der Waals surface area contributed by atoms with Crippen molar-refractivity contribution in [2.24, 2.45) is 4.99 Å². The molecular weight excluding hydrogens is 208 g/mol. The highest BCUT2D eigenvalue weighted by Crippen LogP contribution is 2.25. The lowest BCUT2D eigenvalue weighted by Gasteiger charge is -1.97. The van der Waals surface area contributed by atoms with Gasteiger partial charge in [-0.05, 0) is 34.5 Å². The van der Waals surface area contributed by atoms with E-state index in [1.807, 2.05) is 6.92 Å². The average molecular weight is 213 g/mol. The topological polar surface area (TPSA) is 42.3 Å². The lowest BCUT2D eigenvalue weighted by atomic mass is 10.3. The average Bonchev–Trinajstić information content (AvgIpc) is 1.97. The number of rotatable bonds is 1. The molecule has 4 heteroatoms. The zero-order valence-electron chi connectivity index (χ0n) is 5.84. The van der Waals surface area contributed by atoms with Gasteiger partial charge >= 0.3 is 0 Å². The van der Waals surface area contributed by atoms with Crippen LogP contribution >= 0.6 is 15.9 Å². The van der Waals surface area contributed by atoms with E-state index in [0.29, 0.717) is 10.3 Å². The van der Waals surface area contributed by atoms with Crippen molar-refractivity contribution in [2.45, 2.75) is 6.92 Å². The molecule has 0 N–H and O–H groups in total. The predicted octanol–water partition coefficient (Wildman–Crippen LogP) is 2.12. The predicted molar refractivity (Wildman–Crippen MR) is 44.5 cm³/mol. The maximum atomic E-state index is 9.94. The standard InChI is InChI=1S/C7H5BrN2O/c1-5-2-3-9-7(8)6(5)10-4-11/h2-3H,1H3. The minimum absolute atomic E-state index is 0.544. The van der Waals surface area contributed by atoms with E-state index in [4.69, 9.17) is 0 Å². The second-order valence-corrected chi connectivity index (χ2v) is 2.72. The monoisotopic (exact) mass is 212 g/mol. The Hall–Kier alpha value is -0.990. The molecule has 0 aliphatic rings. The number of hydrogen-bond acceptors (Lipinski definition) is 3. The summed E-state index contributed by atoms with van der Waals surface area (Å²) in [6.45, 7) is 1.85. The van der Waals surface area contributed by atoms with Crippen LogP contribution in [-0.2, 0) is 4.79 Å². The van der Waals surface area contributed by atoms with Crippen molar-refractivity contribution in [3.63, 3.8) is 0 Å². The maximum absolute atomic E-state index is 9.94. The first kappa shape index (κ1) is 8.11. The van der Waals surface area contributed by atoms with Crippen LogP contribution < -0.4 is 0 Å². The number of carbonyl (C=O) groups excluding carboxylic acids is 1. The number of nitrogens with zero attached hydrogens (tertiary/aromatic N) is 2. The molecule has 1 rings (SSSR count). The van der Waals surface area contributed by atoms with Crippen molar-refractivity contribution >= 4 is 27.7 Å². The summed E-state index contributed by atoms with van der Waals surface area (Å²) in [6.07, 6.45) is 3.11. The second kappa shape index (κ2) is 3.42. The van der Waals surface area contributed by atoms with Crippen LogP contribution in [0.5, 0.6) is 0 Å². The summed E-state index contributed by atoms with van der Waals surface area (Å²) < 4.78 is 0.570. The summed E-state index contributed by atoms with van der Waals surface area (Å²) in [5, 5.41) is 0. The third kappa shape index (κ3) is 1.73. The quantitative estimate of drug-likeness (QED) is 0.407. The molecular formula is C7H5BrN2O. The summed E-state index contributed by atoms with van der Waals surface area (Å²) in [7, 11) is 0. The Bertz CT molecular complexity index is 298. The van der Waals surface area contributed by atoms with Gasteiger partial charge in [-0.2, -0.15) is 4.99 Å². The van der Waals surface area contributed by atoms with Crippen LogP contribution in [0.2, 0.25) is 0 Å². The molecule has 56 valence electrons. The highest BCUT2D eigenvalue weighted by Gasteiger charge is 2.01. The lowest BCUT2D eigenvalue weighted by molar-refractivity contribution is 0.565. The van der Waals surface area contributed by atoms with Gasteiger partial charge in [0, 0.05) is 6.20 Å². The highest BCUT2D eigenvalue weighted by atomic mass is 79.9. The van der Waals surface area contributed by atoms with Crippen molar-refractivity contribution in [1.29, 1.82) is 0 Å². The minimum atomic E-state index is 0.544. The Morgan fingerprint density at radius 1 is 1.73 bits per heavy atom. The number of aromatic nitrogens is 1. The van der Waals surface area contributed by atoms with Crippen LogP contribution in [0.4, 0.5) is 5.69 Å². The van der Waals surface area contributed by atoms with Crippen LogP contribution in [0, 0.1) is 6.92 Å². The van der Waals surface area contributed by atoms with E-state index in [-0.39, 0.29) is 0 Å². The van der Waals surface area contributed by atoms with E-state index in [2.05, 4.69) is 25.9 Å². The fourth-order valence-corrected chi connectivity index (χ4v) is 1.22. The molecule has 0 saturated carbocycles. The molecule has 0 unspecified atom stereocenters. The van der Waals surface area contributed by atoms with Gasteiger partial charge in [-0.15, -0.1) is 0 Å². The van der Waals surface area contributed by atoms with Crippen molar-refractivity contribution < 1.29 is 4.79 Å². The molecule has 0 spiro atoms. The zero-order chi connectivity index (χ0) is 8.27. The first-order chi connectivity index (χ1) is 5.25. The fourth-order valence-electron chi connectivity index (χ4n) is 0.697. The molecule has 0 atom stereocenters. The number of aliphatic imine (C=N–C) groups is 1. The van der Waals surface area contributed by atoms with Gasteiger partial charge in [0.05, 0.1) is 0 Å². The molecule has 11 heavy (non-hydrogen) atoms. The van der Waals surface area contributed by atoms with Crippen LogP contribution in [0.15, 0.2) is 21.9 Å². The molecule has 3 nitrogen and oxygen atoms in total. The Morgan fingerprint density at radius 3 is 3.00 bits per heavy atom. The molecule has 0 aliphatic carbocycles. The molecule has 0 radical (unpaired) electrons. The zero-order valence-corrected chi connectivity index (χ0v) is 7.42. The first-order valence-electron chi connectivity index (χ1n) is 2.94. The number of hydrogen-bond donors (Lipinski definition) is 0. The number of isocyanates is 1. The molecule has 0 fully saturated rings. The summed E-state index contributed by atoms with van der Waals surface area (Å²) >= 11 is 3.16. The molecule has 0 saturated heterocycles. The Kier molecular flexibility index (Phi) is 2.52. The third-order valence-corrected chi connectivity index (χ3v) is 1.82. The van der Waals surface area contributed by atoms with Crippen LogP contribution in [0.3, 0.4) is 0 Å². The van der Waals surface area contributed by atoms with Gasteiger partial charge in [-0.3, -0.25) is 0 Å². The molecule has 1 aromatic heterocycles. The van der Waals surface area contributed by atoms with Gasteiger partial charge in [0.15, 0.2) is 0 Å². The van der Waals surface area contributed by atoms with Crippen molar-refractivity contribution in [3.8, 4) is 0 Å². The number of aryl methyl sites for hydroxylation is 1. The molecule has 0 aliphatic heterocycles. The number of pyridine rings is 1. The Labute approximate surface area is 72.3 Å². The second-order valence-electron chi connectivity index (χ2n) is 1.97. The SMILES string of the molecule is Cc1ccnc(Br)c1N=C=O. The van der Waals surface area contributed by atoms with E-state index in [9.17, 15) is 4.79 Å².